The van der Waals surface area contributed by atoms with Gasteiger partial charge in [-0.25, -0.2) is 0 Å². The van der Waals surface area contributed by atoms with Crippen molar-refractivity contribution in [1.82, 2.24) is 0 Å². The summed E-state index contributed by atoms with van der Waals surface area (Å²) in [5.74, 6) is -0.717. The lowest BCUT2D eigenvalue weighted by molar-refractivity contribution is -0.137. The molecule has 4 heteroatoms. The highest BCUT2D eigenvalue weighted by Gasteiger charge is 2.22. The number of nitrogen functional groups attached to an aromatic ring is 1. The number of carboxylic acid groups (broad SMARTS) is 1. The molecule has 3 N–H and O–H groups in total. The molecule has 1 aliphatic carbocycles. The van der Waals surface area contributed by atoms with Crippen LogP contribution in [-0.4, -0.2) is 23.7 Å². The topological polar surface area (TPSA) is 66.6 Å². The lowest BCUT2D eigenvalue weighted by Crippen LogP contribution is -2.37. The second-order valence-electron chi connectivity index (χ2n) is 6.60. The van der Waals surface area contributed by atoms with Crippen LogP contribution in [0.3, 0.4) is 0 Å². The normalized spacial score (nSPS) is 17.0. The van der Waals surface area contributed by atoms with E-state index in [-0.39, 0.29) is 12.3 Å². The maximum atomic E-state index is 11.0. The average Bonchev–Trinajstić information content (AvgIpc) is 2.55. The molecule has 1 saturated carbocycles. The Morgan fingerprint density at radius 3 is 2.52 bits per heavy atom. The van der Waals surface area contributed by atoms with Gasteiger partial charge in [0, 0.05) is 12.6 Å². The van der Waals surface area contributed by atoms with E-state index in [9.17, 15) is 4.79 Å². The van der Waals surface area contributed by atoms with Gasteiger partial charge >= 0.3 is 5.97 Å². The Bertz CT molecular complexity index is 524. The molecule has 1 aromatic carbocycles. The summed E-state index contributed by atoms with van der Waals surface area (Å²) >= 11 is 0. The quantitative estimate of drug-likeness (QED) is 0.731. The van der Waals surface area contributed by atoms with E-state index < -0.39 is 5.97 Å². The molecule has 0 spiro atoms. The summed E-state index contributed by atoms with van der Waals surface area (Å²) in [6.07, 6.45) is 7.40. The fraction of sp³-hybridized carbons (Fsp3) is 0.632. The van der Waals surface area contributed by atoms with Gasteiger partial charge in [-0.15, -0.1) is 0 Å². The highest BCUT2D eigenvalue weighted by Crippen LogP contribution is 2.34. The highest BCUT2D eigenvalue weighted by molar-refractivity contribution is 5.71. The second kappa shape index (κ2) is 8.23. The first kappa shape index (κ1) is 17.6. The fourth-order valence-electron chi connectivity index (χ4n) is 3.82. The lowest BCUT2D eigenvalue weighted by Gasteiger charge is -2.36. The third-order valence-electron chi connectivity index (χ3n) is 5.10. The van der Waals surface area contributed by atoms with Crippen molar-refractivity contribution < 1.29 is 9.90 Å². The third-order valence-corrected chi connectivity index (χ3v) is 5.10. The molecule has 0 aliphatic heterocycles. The number of hydrogen-bond acceptors (Lipinski definition) is 3. The second-order valence-corrected chi connectivity index (χ2v) is 6.60. The Kier molecular flexibility index (Phi) is 6.31. The Morgan fingerprint density at radius 2 is 2.00 bits per heavy atom. The van der Waals surface area contributed by atoms with Crippen molar-refractivity contribution in [3.05, 3.63) is 23.8 Å². The number of hydrogen-bond donors (Lipinski definition) is 2. The van der Waals surface area contributed by atoms with Crippen molar-refractivity contribution in [3.63, 3.8) is 0 Å². The van der Waals surface area contributed by atoms with Crippen molar-refractivity contribution in [2.24, 2.45) is 0 Å². The van der Waals surface area contributed by atoms with Gasteiger partial charge < -0.3 is 15.7 Å². The molecule has 1 aromatic rings. The van der Waals surface area contributed by atoms with Gasteiger partial charge in [-0.05, 0) is 49.8 Å². The standard InChI is InChI=1S/C19H30N2O2/c1-3-14(13-19(22)23)15-10-11-18(17(20)12-15)21(4-2)16-8-6-5-7-9-16/h10-12,14,16H,3-9,13,20H2,1-2H3,(H,22,23)/t14-/m0/s1. The molecular formula is C19H30N2O2. The summed E-state index contributed by atoms with van der Waals surface area (Å²) in [6.45, 7) is 5.17. The highest BCUT2D eigenvalue weighted by atomic mass is 16.4. The molecule has 0 saturated heterocycles. The van der Waals surface area contributed by atoms with E-state index in [1.54, 1.807) is 0 Å². The number of carboxylic acids is 1. The van der Waals surface area contributed by atoms with Crippen LogP contribution < -0.4 is 10.6 Å². The number of rotatable bonds is 7. The molecule has 0 aromatic heterocycles. The molecular weight excluding hydrogens is 288 g/mol. The van der Waals surface area contributed by atoms with Gasteiger partial charge in [-0.1, -0.05) is 32.3 Å². The summed E-state index contributed by atoms with van der Waals surface area (Å²) < 4.78 is 0. The third kappa shape index (κ3) is 4.40. The minimum absolute atomic E-state index is 0.0357. The van der Waals surface area contributed by atoms with Gasteiger partial charge in [0.1, 0.15) is 0 Å². The van der Waals surface area contributed by atoms with E-state index in [1.165, 1.54) is 32.1 Å². The number of nitrogens with two attached hydrogens (primary N) is 1. The first-order chi connectivity index (χ1) is 11.1. The van der Waals surface area contributed by atoms with E-state index in [2.05, 4.69) is 24.0 Å². The largest absolute Gasteiger partial charge is 0.481 e. The van der Waals surface area contributed by atoms with E-state index in [0.29, 0.717) is 6.04 Å². The predicted octanol–water partition coefficient (Wildman–Crippen LogP) is 4.40. The van der Waals surface area contributed by atoms with Crippen LogP contribution in [-0.2, 0) is 4.79 Å². The Labute approximate surface area is 139 Å². The van der Waals surface area contributed by atoms with Crippen LogP contribution in [0.5, 0.6) is 0 Å². The predicted molar refractivity (Wildman–Crippen MR) is 96.0 cm³/mol. The summed E-state index contributed by atoms with van der Waals surface area (Å²) in [4.78, 5) is 13.4. The van der Waals surface area contributed by atoms with E-state index in [4.69, 9.17) is 10.8 Å². The van der Waals surface area contributed by atoms with Crippen LogP contribution >= 0.6 is 0 Å². The fourth-order valence-corrected chi connectivity index (χ4v) is 3.82. The van der Waals surface area contributed by atoms with E-state index in [1.807, 2.05) is 13.0 Å². The molecule has 0 bridgehead atoms. The summed E-state index contributed by atoms with van der Waals surface area (Å²) in [5, 5.41) is 9.06. The minimum atomic E-state index is -0.753. The first-order valence-electron chi connectivity index (χ1n) is 8.94. The monoisotopic (exact) mass is 318 g/mol. The molecule has 4 nitrogen and oxygen atoms in total. The smallest absolute Gasteiger partial charge is 0.303 e. The van der Waals surface area contributed by atoms with Gasteiger partial charge in [0.2, 0.25) is 0 Å². The summed E-state index contributed by atoms with van der Waals surface area (Å²) in [6, 6.07) is 6.72. The zero-order chi connectivity index (χ0) is 16.8. The van der Waals surface area contributed by atoms with Gasteiger partial charge in [-0.2, -0.15) is 0 Å². The van der Waals surface area contributed by atoms with Crippen LogP contribution in [0.1, 0.15) is 70.3 Å². The molecule has 1 aliphatic rings. The maximum absolute atomic E-state index is 11.0. The average molecular weight is 318 g/mol. The van der Waals surface area contributed by atoms with Crippen molar-refractivity contribution in [2.75, 3.05) is 17.2 Å². The summed E-state index contributed by atoms with van der Waals surface area (Å²) in [5.41, 5.74) is 9.26. The van der Waals surface area contributed by atoms with E-state index >= 15 is 0 Å². The van der Waals surface area contributed by atoms with Gasteiger partial charge in [0.05, 0.1) is 17.8 Å². The first-order valence-corrected chi connectivity index (χ1v) is 8.94. The molecule has 0 radical (unpaired) electrons. The molecule has 0 heterocycles. The van der Waals surface area contributed by atoms with Crippen LogP contribution in [0.15, 0.2) is 18.2 Å². The number of anilines is 2. The Balaban J connectivity index is 2.21. The SMILES string of the molecule is CC[C@@H](CC(=O)O)c1ccc(N(CC)C2CCCCC2)c(N)c1. The maximum Gasteiger partial charge on any atom is 0.303 e. The lowest BCUT2D eigenvalue weighted by atomic mass is 9.91. The number of nitrogens with zero attached hydrogens (tertiary/aromatic N) is 1. The Morgan fingerprint density at radius 1 is 1.30 bits per heavy atom. The molecule has 2 rings (SSSR count). The molecule has 1 atom stereocenters. The molecule has 0 amide bonds. The molecule has 0 unspecified atom stereocenters. The van der Waals surface area contributed by atoms with Crippen molar-refractivity contribution >= 4 is 17.3 Å². The summed E-state index contributed by atoms with van der Waals surface area (Å²) in [7, 11) is 0. The minimum Gasteiger partial charge on any atom is -0.481 e. The number of carbonyl (C=O) groups is 1. The Hall–Kier alpha value is -1.71. The van der Waals surface area contributed by atoms with Crippen molar-refractivity contribution in [1.29, 1.82) is 0 Å². The molecule has 23 heavy (non-hydrogen) atoms. The van der Waals surface area contributed by atoms with Crippen molar-refractivity contribution in [3.8, 4) is 0 Å². The number of benzene rings is 1. The zero-order valence-corrected chi connectivity index (χ0v) is 14.4. The van der Waals surface area contributed by atoms with Crippen LogP contribution in [0.25, 0.3) is 0 Å². The van der Waals surface area contributed by atoms with Crippen LogP contribution in [0.2, 0.25) is 0 Å². The number of aliphatic carboxylic acids is 1. The zero-order valence-electron chi connectivity index (χ0n) is 14.4. The van der Waals surface area contributed by atoms with Gasteiger partial charge in [-0.3, -0.25) is 4.79 Å². The van der Waals surface area contributed by atoms with Crippen molar-refractivity contribution in [2.45, 2.75) is 70.8 Å². The molecule has 128 valence electrons. The van der Waals surface area contributed by atoms with Gasteiger partial charge in [0.15, 0.2) is 0 Å². The van der Waals surface area contributed by atoms with E-state index in [0.717, 1.165) is 29.9 Å². The van der Waals surface area contributed by atoms with Crippen LogP contribution in [0, 0.1) is 0 Å². The van der Waals surface area contributed by atoms with Gasteiger partial charge in [0.25, 0.3) is 0 Å². The van der Waals surface area contributed by atoms with Crippen LogP contribution in [0.4, 0.5) is 11.4 Å². The molecule has 1 fully saturated rings.